The highest BCUT2D eigenvalue weighted by molar-refractivity contribution is 5.87. The third kappa shape index (κ3) is 3.02. The van der Waals surface area contributed by atoms with Crippen molar-refractivity contribution in [3.63, 3.8) is 0 Å². The van der Waals surface area contributed by atoms with Gasteiger partial charge in [0.05, 0.1) is 17.3 Å². The number of hydrogen-bond acceptors (Lipinski definition) is 1. The molecule has 2 aromatic carbocycles. The summed E-state index contributed by atoms with van der Waals surface area (Å²) in [4.78, 5) is 2.36. The third-order valence-electron chi connectivity index (χ3n) is 5.45. The molecule has 4 rings (SSSR count). The minimum atomic E-state index is -0.872. The molecule has 0 radical (unpaired) electrons. The van der Waals surface area contributed by atoms with Crippen LogP contribution in [-0.2, 0) is 6.42 Å². The molecule has 0 bridgehead atoms. The Morgan fingerprint density at radius 2 is 1.93 bits per heavy atom. The lowest BCUT2D eigenvalue weighted by molar-refractivity contribution is 0.219. The molecule has 2 nitrogen and oxygen atoms in total. The lowest BCUT2D eigenvalue weighted by Gasteiger charge is -2.32. The smallest absolute Gasteiger partial charge is 0.160 e. The largest absolute Gasteiger partial charge is 0.298 e. The standard InChI is InChI=1S/C23H22F2N2/c1-4-21-23-17(10-11-26(21)3)18-13-15(2)5-8-22(18)27(23)12-9-16-6-7-19(24)20(25)14-16/h5-8,13-14,21H,4,10-11H2,1-3H3. The zero-order valence-corrected chi connectivity index (χ0v) is 15.8. The summed E-state index contributed by atoms with van der Waals surface area (Å²) >= 11 is 0. The first-order valence-electron chi connectivity index (χ1n) is 9.30. The molecule has 1 aromatic heterocycles. The van der Waals surface area contributed by atoms with Crippen LogP contribution in [0.15, 0.2) is 36.4 Å². The van der Waals surface area contributed by atoms with Crippen LogP contribution in [0.25, 0.3) is 10.9 Å². The third-order valence-corrected chi connectivity index (χ3v) is 5.45. The van der Waals surface area contributed by atoms with E-state index in [4.69, 9.17) is 0 Å². The van der Waals surface area contributed by atoms with Gasteiger partial charge >= 0.3 is 0 Å². The fourth-order valence-electron chi connectivity index (χ4n) is 4.07. The molecule has 0 aliphatic carbocycles. The number of fused-ring (bicyclic) bond motifs is 3. The fourth-order valence-corrected chi connectivity index (χ4v) is 4.07. The maximum Gasteiger partial charge on any atom is 0.160 e. The highest BCUT2D eigenvalue weighted by atomic mass is 19.2. The molecule has 1 atom stereocenters. The average molecular weight is 364 g/mol. The zero-order valence-electron chi connectivity index (χ0n) is 15.8. The van der Waals surface area contributed by atoms with Crippen LogP contribution < -0.4 is 0 Å². The molecule has 2 heterocycles. The van der Waals surface area contributed by atoms with Crippen molar-refractivity contribution in [2.75, 3.05) is 13.6 Å². The van der Waals surface area contributed by atoms with Crippen molar-refractivity contribution in [3.05, 3.63) is 70.4 Å². The van der Waals surface area contributed by atoms with Gasteiger partial charge in [-0.3, -0.25) is 9.47 Å². The fraction of sp³-hybridized carbons (Fsp3) is 0.304. The Kier molecular flexibility index (Phi) is 4.49. The van der Waals surface area contributed by atoms with E-state index in [1.54, 1.807) is 0 Å². The SMILES string of the molecule is CCC1c2c(c3cc(C)ccc3n2C#Cc2ccc(F)c(F)c2)CCN1C. The van der Waals surface area contributed by atoms with Gasteiger partial charge < -0.3 is 0 Å². The van der Waals surface area contributed by atoms with Crippen molar-refractivity contribution in [3.8, 4) is 12.0 Å². The zero-order chi connectivity index (χ0) is 19.1. The molecule has 0 spiro atoms. The number of halogens is 2. The van der Waals surface area contributed by atoms with Crippen molar-refractivity contribution in [1.29, 1.82) is 0 Å². The van der Waals surface area contributed by atoms with Gasteiger partial charge in [0.1, 0.15) is 0 Å². The molecule has 1 aliphatic rings. The summed E-state index contributed by atoms with van der Waals surface area (Å²) in [5.41, 5.74) is 5.35. The normalized spacial score (nSPS) is 16.9. The number of rotatable bonds is 1. The van der Waals surface area contributed by atoms with Crippen LogP contribution in [0, 0.1) is 30.5 Å². The van der Waals surface area contributed by atoms with Gasteiger partial charge in [0.15, 0.2) is 11.6 Å². The molecule has 0 saturated carbocycles. The molecular formula is C23H22F2N2. The summed E-state index contributed by atoms with van der Waals surface area (Å²) in [6.07, 6.45) is 1.98. The maximum absolute atomic E-state index is 13.5. The van der Waals surface area contributed by atoms with Gasteiger partial charge in [-0.2, -0.15) is 0 Å². The first-order valence-corrected chi connectivity index (χ1v) is 9.30. The molecule has 0 amide bonds. The second-order valence-corrected chi connectivity index (χ2v) is 7.24. The van der Waals surface area contributed by atoms with Crippen LogP contribution >= 0.6 is 0 Å². The summed E-state index contributed by atoms with van der Waals surface area (Å²) in [5.74, 6) is 1.29. The number of likely N-dealkylation sites (N-methyl/N-ethyl adjacent to an activating group) is 1. The first-order chi connectivity index (χ1) is 13.0. The number of aromatic nitrogens is 1. The Morgan fingerprint density at radius 3 is 2.67 bits per heavy atom. The second-order valence-electron chi connectivity index (χ2n) is 7.24. The van der Waals surface area contributed by atoms with Crippen molar-refractivity contribution in [1.82, 2.24) is 9.47 Å². The highest BCUT2D eigenvalue weighted by Crippen LogP contribution is 2.37. The van der Waals surface area contributed by atoms with E-state index in [0.717, 1.165) is 37.0 Å². The number of hydrogen-bond donors (Lipinski definition) is 0. The van der Waals surface area contributed by atoms with Gasteiger partial charge in [-0.15, -0.1) is 0 Å². The number of nitrogens with zero attached hydrogens (tertiary/aromatic N) is 2. The van der Waals surface area contributed by atoms with E-state index in [1.165, 1.54) is 28.3 Å². The van der Waals surface area contributed by atoms with Crippen molar-refractivity contribution in [2.45, 2.75) is 32.7 Å². The van der Waals surface area contributed by atoms with Gasteiger partial charge in [0.25, 0.3) is 0 Å². The summed E-state index contributed by atoms with van der Waals surface area (Å²) in [6, 6.07) is 13.7. The predicted molar refractivity (Wildman–Crippen MR) is 105 cm³/mol. The Morgan fingerprint density at radius 1 is 1.11 bits per heavy atom. The van der Waals surface area contributed by atoms with Crippen LogP contribution in [0.4, 0.5) is 8.78 Å². The van der Waals surface area contributed by atoms with E-state index in [1.807, 2.05) is 0 Å². The van der Waals surface area contributed by atoms with Gasteiger partial charge in [-0.25, -0.2) is 8.78 Å². The van der Waals surface area contributed by atoms with Gasteiger partial charge in [0.2, 0.25) is 0 Å². The van der Waals surface area contributed by atoms with E-state index < -0.39 is 11.6 Å². The van der Waals surface area contributed by atoms with Crippen molar-refractivity contribution < 1.29 is 8.78 Å². The first kappa shape index (κ1) is 17.8. The van der Waals surface area contributed by atoms with Crippen LogP contribution in [0.1, 0.15) is 41.8 Å². The van der Waals surface area contributed by atoms with E-state index in [2.05, 4.69) is 60.5 Å². The molecule has 1 aliphatic heterocycles. The topological polar surface area (TPSA) is 8.17 Å². The summed E-state index contributed by atoms with van der Waals surface area (Å²) in [5, 5.41) is 1.25. The molecule has 4 heteroatoms. The minimum absolute atomic E-state index is 0.292. The molecular weight excluding hydrogens is 342 g/mol. The number of benzene rings is 2. The average Bonchev–Trinajstić information content (AvgIpc) is 2.95. The molecule has 27 heavy (non-hydrogen) atoms. The van der Waals surface area contributed by atoms with E-state index in [-0.39, 0.29) is 0 Å². The van der Waals surface area contributed by atoms with Crippen molar-refractivity contribution >= 4 is 10.9 Å². The van der Waals surface area contributed by atoms with Crippen LogP contribution in [0.3, 0.4) is 0 Å². The van der Waals surface area contributed by atoms with Crippen LogP contribution in [0.2, 0.25) is 0 Å². The summed E-state index contributed by atoms with van der Waals surface area (Å²) in [7, 11) is 2.15. The molecule has 0 N–H and O–H groups in total. The predicted octanol–water partition coefficient (Wildman–Crippen LogP) is 5.02. The molecule has 3 aromatic rings. The lowest BCUT2D eigenvalue weighted by Crippen LogP contribution is -2.32. The maximum atomic E-state index is 13.5. The molecule has 0 saturated heterocycles. The van der Waals surface area contributed by atoms with Crippen LogP contribution in [-0.4, -0.2) is 23.1 Å². The monoisotopic (exact) mass is 364 g/mol. The Balaban J connectivity index is 1.93. The quantitative estimate of drug-likeness (QED) is 0.550. The van der Waals surface area contributed by atoms with E-state index >= 15 is 0 Å². The summed E-state index contributed by atoms with van der Waals surface area (Å²) < 4.78 is 28.8. The Labute approximate surface area is 158 Å². The second kappa shape index (κ2) is 6.83. The molecule has 138 valence electrons. The lowest BCUT2D eigenvalue weighted by atomic mass is 9.96. The van der Waals surface area contributed by atoms with E-state index in [0.29, 0.717) is 11.6 Å². The molecule has 1 unspecified atom stereocenters. The number of aryl methyl sites for hydroxylation is 1. The van der Waals surface area contributed by atoms with Gasteiger partial charge in [0, 0.05) is 23.5 Å². The van der Waals surface area contributed by atoms with Crippen molar-refractivity contribution in [2.24, 2.45) is 0 Å². The Bertz CT molecular complexity index is 1090. The van der Waals surface area contributed by atoms with Gasteiger partial charge in [-0.05, 0) is 68.6 Å². The summed E-state index contributed by atoms with van der Waals surface area (Å²) in [6.45, 7) is 5.31. The highest BCUT2D eigenvalue weighted by Gasteiger charge is 2.29. The minimum Gasteiger partial charge on any atom is -0.298 e. The van der Waals surface area contributed by atoms with E-state index in [9.17, 15) is 8.78 Å². The Hall–Kier alpha value is -2.64. The van der Waals surface area contributed by atoms with Crippen LogP contribution in [0.5, 0.6) is 0 Å². The molecule has 0 fully saturated rings. The van der Waals surface area contributed by atoms with Gasteiger partial charge in [-0.1, -0.05) is 18.6 Å².